The molecule has 0 radical (unpaired) electrons. The molecule has 0 aliphatic carbocycles. The topological polar surface area (TPSA) is 50.8 Å². The molecule has 1 heterocycles. The zero-order chi connectivity index (χ0) is 19.9. The first-order valence-electron chi connectivity index (χ1n) is 9.20. The van der Waals surface area contributed by atoms with Crippen molar-refractivity contribution in [1.82, 2.24) is 10.2 Å². The maximum atomic E-state index is 13.4. The average molecular weight is 405 g/mol. The van der Waals surface area contributed by atoms with Crippen molar-refractivity contribution in [3.05, 3.63) is 59.4 Å². The van der Waals surface area contributed by atoms with Crippen LogP contribution in [0.15, 0.2) is 47.4 Å². The Hall–Kier alpha value is -2.09. The molecular formula is C21H25FN2O3S. The van der Waals surface area contributed by atoms with Gasteiger partial charge in [0.2, 0.25) is 0 Å². The Kier molecular flexibility index (Phi) is 7.30. The lowest BCUT2D eigenvalue weighted by Gasteiger charge is -2.35. The summed E-state index contributed by atoms with van der Waals surface area (Å²) in [6.07, 6.45) is 1.98. The van der Waals surface area contributed by atoms with Crippen LogP contribution in [-0.4, -0.2) is 57.0 Å². The summed E-state index contributed by atoms with van der Waals surface area (Å²) in [6.45, 7) is 3.25. The van der Waals surface area contributed by atoms with E-state index in [1.165, 1.54) is 12.1 Å². The summed E-state index contributed by atoms with van der Waals surface area (Å²) in [6, 6.07) is 11.9. The first-order chi connectivity index (χ1) is 13.6. The maximum absolute atomic E-state index is 13.4. The number of amides is 1. The summed E-state index contributed by atoms with van der Waals surface area (Å²) in [4.78, 5) is 16.1. The molecule has 1 aliphatic rings. The molecule has 1 atom stereocenters. The number of thioether (sulfide) groups is 1. The van der Waals surface area contributed by atoms with Gasteiger partial charge in [0.1, 0.15) is 11.6 Å². The van der Waals surface area contributed by atoms with Gasteiger partial charge < -0.3 is 14.8 Å². The molecule has 1 amide bonds. The van der Waals surface area contributed by atoms with Crippen LogP contribution in [-0.2, 0) is 4.74 Å². The van der Waals surface area contributed by atoms with E-state index in [0.29, 0.717) is 31.1 Å². The summed E-state index contributed by atoms with van der Waals surface area (Å²) in [5, 5.41) is 3.02. The van der Waals surface area contributed by atoms with E-state index in [0.717, 1.165) is 23.5 Å². The SMILES string of the molecule is COc1cc(SC)ccc1C(=O)NC[C@H](c1ccc(F)cc1)N1CCOCC1. The van der Waals surface area contributed by atoms with Gasteiger partial charge in [0.15, 0.2) is 0 Å². The minimum Gasteiger partial charge on any atom is -0.496 e. The van der Waals surface area contributed by atoms with Gasteiger partial charge in [-0.05, 0) is 42.2 Å². The standard InChI is InChI=1S/C21H25FN2O3S/c1-26-20-13-17(28-2)7-8-18(20)21(25)23-14-19(24-9-11-27-12-10-24)15-3-5-16(22)6-4-15/h3-8,13,19H,9-12,14H2,1-2H3,(H,23,25)/t19-/m1/s1. The number of rotatable bonds is 7. The van der Waals surface area contributed by atoms with Crippen LogP contribution in [0.2, 0.25) is 0 Å². The van der Waals surface area contributed by atoms with Crippen molar-refractivity contribution in [2.24, 2.45) is 0 Å². The fourth-order valence-corrected chi connectivity index (χ4v) is 3.73. The van der Waals surface area contributed by atoms with Gasteiger partial charge >= 0.3 is 0 Å². The second kappa shape index (κ2) is 9.91. The van der Waals surface area contributed by atoms with Gasteiger partial charge in [0.25, 0.3) is 5.91 Å². The molecule has 3 rings (SSSR count). The van der Waals surface area contributed by atoms with Crippen molar-refractivity contribution in [2.45, 2.75) is 10.9 Å². The Morgan fingerprint density at radius 2 is 1.96 bits per heavy atom. The van der Waals surface area contributed by atoms with Crippen LogP contribution in [0.5, 0.6) is 5.75 Å². The van der Waals surface area contributed by atoms with Gasteiger partial charge in [-0.2, -0.15) is 0 Å². The van der Waals surface area contributed by atoms with Crippen LogP contribution in [0.25, 0.3) is 0 Å². The van der Waals surface area contributed by atoms with Crippen LogP contribution in [0.3, 0.4) is 0 Å². The van der Waals surface area contributed by atoms with E-state index in [-0.39, 0.29) is 17.8 Å². The normalized spacial score (nSPS) is 15.8. The third kappa shape index (κ3) is 5.04. The molecule has 1 saturated heterocycles. The van der Waals surface area contributed by atoms with Gasteiger partial charge in [-0.3, -0.25) is 9.69 Å². The van der Waals surface area contributed by atoms with Gasteiger partial charge in [0.05, 0.1) is 31.9 Å². The number of hydrogen-bond donors (Lipinski definition) is 1. The Morgan fingerprint density at radius 1 is 1.25 bits per heavy atom. The smallest absolute Gasteiger partial charge is 0.255 e. The number of benzene rings is 2. The Bertz CT molecular complexity index is 795. The van der Waals surface area contributed by atoms with E-state index in [1.54, 1.807) is 37.1 Å². The van der Waals surface area contributed by atoms with Gasteiger partial charge in [-0.1, -0.05) is 12.1 Å². The summed E-state index contributed by atoms with van der Waals surface area (Å²) in [5.41, 5.74) is 1.47. The lowest BCUT2D eigenvalue weighted by Crippen LogP contribution is -2.43. The maximum Gasteiger partial charge on any atom is 0.255 e. The minimum atomic E-state index is -0.271. The lowest BCUT2D eigenvalue weighted by atomic mass is 10.0. The highest BCUT2D eigenvalue weighted by atomic mass is 32.2. The second-order valence-electron chi connectivity index (χ2n) is 6.49. The summed E-state index contributed by atoms with van der Waals surface area (Å²) in [7, 11) is 1.56. The van der Waals surface area contributed by atoms with E-state index in [1.807, 2.05) is 18.4 Å². The number of carbonyl (C=O) groups is 1. The van der Waals surface area contributed by atoms with Crippen molar-refractivity contribution in [1.29, 1.82) is 0 Å². The number of morpholine rings is 1. The number of ether oxygens (including phenoxy) is 2. The minimum absolute atomic E-state index is 0.0510. The predicted octanol–water partition coefficient (Wildman–Crippen LogP) is 3.36. The number of halogens is 1. The van der Waals surface area contributed by atoms with Crippen molar-refractivity contribution in [3.63, 3.8) is 0 Å². The summed E-state index contributed by atoms with van der Waals surface area (Å²) >= 11 is 1.59. The van der Waals surface area contributed by atoms with E-state index in [9.17, 15) is 9.18 Å². The molecule has 2 aromatic carbocycles. The van der Waals surface area contributed by atoms with Crippen molar-refractivity contribution >= 4 is 17.7 Å². The molecule has 150 valence electrons. The molecule has 1 N–H and O–H groups in total. The van der Waals surface area contributed by atoms with E-state index < -0.39 is 0 Å². The highest BCUT2D eigenvalue weighted by Crippen LogP contribution is 2.26. The number of nitrogens with zero attached hydrogens (tertiary/aromatic N) is 1. The van der Waals surface area contributed by atoms with Crippen molar-refractivity contribution in [3.8, 4) is 5.75 Å². The molecule has 7 heteroatoms. The molecule has 5 nitrogen and oxygen atoms in total. The number of methoxy groups -OCH3 is 1. The predicted molar refractivity (Wildman–Crippen MR) is 109 cm³/mol. The van der Waals surface area contributed by atoms with Crippen molar-refractivity contribution < 1.29 is 18.7 Å². The van der Waals surface area contributed by atoms with Gasteiger partial charge in [-0.15, -0.1) is 11.8 Å². The average Bonchev–Trinajstić information content (AvgIpc) is 2.75. The molecule has 1 fully saturated rings. The number of hydrogen-bond acceptors (Lipinski definition) is 5. The Balaban J connectivity index is 1.75. The van der Waals surface area contributed by atoms with Crippen molar-refractivity contribution in [2.75, 3.05) is 46.2 Å². The number of nitrogens with one attached hydrogen (secondary N) is 1. The third-order valence-electron chi connectivity index (χ3n) is 4.85. The van der Waals surface area contributed by atoms with Crippen LogP contribution >= 0.6 is 11.8 Å². The highest BCUT2D eigenvalue weighted by molar-refractivity contribution is 7.98. The van der Waals surface area contributed by atoms with Crippen LogP contribution in [0, 0.1) is 5.82 Å². The lowest BCUT2D eigenvalue weighted by molar-refractivity contribution is 0.0162. The molecule has 0 saturated carbocycles. The molecule has 0 spiro atoms. The zero-order valence-electron chi connectivity index (χ0n) is 16.1. The van der Waals surface area contributed by atoms with Crippen LogP contribution in [0.4, 0.5) is 4.39 Å². The molecular weight excluding hydrogens is 379 g/mol. The first kappa shape index (κ1) is 20.6. The molecule has 0 unspecified atom stereocenters. The van der Waals surface area contributed by atoms with E-state index >= 15 is 0 Å². The third-order valence-corrected chi connectivity index (χ3v) is 5.58. The van der Waals surface area contributed by atoms with Gasteiger partial charge in [-0.25, -0.2) is 4.39 Å². The zero-order valence-corrected chi connectivity index (χ0v) is 16.9. The summed E-state index contributed by atoms with van der Waals surface area (Å²) in [5.74, 6) is 0.0889. The fraction of sp³-hybridized carbons (Fsp3) is 0.381. The largest absolute Gasteiger partial charge is 0.496 e. The van der Waals surface area contributed by atoms with Gasteiger partial charge in [0, 0.05) is 24.5 Å². The summed E-state index contributed by atoms with van der Waals surface area (Å²) < 4.78 is 24.2. The first-order valence-corrected chi connectivity index (χ1v) is 10.4. The molecule has 1 aliphatic heterocycles. The molecule has 0 aromatic heterocycles. The molecule has 28 heavy (non-hydrogen) atoms. The van der Waals surface area contributed by atoms with E-state index in [4.69, 9.17) is 9.47 Å². The molecule has 2 aromatic rings. The monoisotopic (exact) mass is 404 g/mol. The molecule has 0 bridgehead atoms. The quantitative estimate of drug-likeness (QED) is 0.717. The number of carbonyl (C=O) groups excluding carboxylic acids is 1. The second-order valence-corrected chi connectivity index (χ2v) is 7.37. The highest BCUT2D eigenvalue weighted by Gasteiger charge is 2.24. The van der Waals surface area contributed by atoms with Crippen LogP contribution in [0.1, 0.15) is 22.0 Å². The fourth-order valence-electron chi connectivity index (χ4n) is 3.30. The Morgan fingerprint density at radius 3 is 2.61 bits per heavy atom. The van der Waals surface area contributed by atoms with Crippen LogP contribution < -0.4 is 10.1 Å². The van der Waals surface area contributed by atoms with E-state index in [2.05, 4.69) is 10.2 Å². The Labute approximate surface area is 169 Å².